The van der Waals surface area contributed by atoms with Gasteiger partial charge in [0.15, 0.2) is 0 Å². The molecule has 31 heavy (non-hydrogen) atoms. The molecule has 2 atom stereocenters. The smallest absolute Gasteiger partial charge is 0.419 e. The number of aromatic nitrogens is 1. The Labute approximate surface area is 174 Å². The van der Waals surface area contributed by atoms with E-state index in [2.05, 4.69) is 5.32 Å². The second-order valence-electron chi connectivity index (χ2n) is 7.27. The number of nitrogens with one attached hydrogen (secondary N) is 1. The Morgan fingerprint density at radius 1 is 1.29 bits per heavy atom. The molecule has 164 valence electrons. The van der Waals surface area contributed by atoms with Crippen molar-refractivity contribution in [3.8, 4) is 0 Å². The molecule has 2 amide bonds. The Hall–Kier alpha value is -3.47. The van der Waals surface area contributed by atoms with Crippen molar-refractivity contribution in [1.29, 1.82) is 0 Å². The maximum Gasteiger partial charge on any atom is 0.419 e. The number of allylic oxidation sites excluding steroid dienone is 1. The van der Waals surface area contributed by atoms with Crippen LogP contribution in [0.25, 0.3) is 5.57 Å². The largest absolute Gasteiger partial charge is 0.442 e. The van der Waals surface area contributed by atoms with Crippen molar-refractivity contribution in [1.82, 2.24) is 9.88 Å². The SMILES string of the molecule is CC(=O)NC[C@H]1CN(c2cc(F)c(C3=CCn4c(coc4=O)C3CO)c(F)c2)C(=O)O1. The Morgan fingerprint density at radius 2 is 2.00 bits per heavy atom. The molecule has 9 nitrogen and oxygen atoms in total. The van der Waals surface area contributed by atoms with Crippen molar-refractivity contribution in [2.75, 3.05) is 24.6 Å². The summed E-state index contributed by atoms with van der Waals surface area (Å²) >= 11 is 0. The highest BCUT2D eigenvalue weighted by Gasteiger charge is 2.35. The van der Waals surface area contributed by atoms with Crippen molar-refractivity contribution < 1.29 is 32.6 Å². The Bertz CT molecular complexity index is 1120. The zero-order valence-electron chi connectivity index (χ0n) is 16.4. The summed E-state index contributed by atoms with van der Waals surface area (Å²) in [7, 11) is 0. The number of cyclic esters (lactones) is 1. The number of anilines is 1. The molecule has 0 radical (unpaired) electrons. The van der Waals surface area contributed by atoms with Gasteiger partial charge in [0, 0.05) is 19.0 Å². The van der Waals surface area contributed by atoms with Gasteiger partial charge in [-0.15, -0.1) is 0 Å². The molecule has 3 heterocycles. The summed E-state index contributed by atoms with van der Waals surface area (Å²) in [5.41, 5.74) is 0.102. The maximum atomic E-state index is 15.0. The van der Waals surface area contributed by atoms with E-state index in [4.69, 9.17) is 9.15 Å². The van der Waals surface area contributed by atoms with Crippen LogP contribution in [-0.4, -0.2) is 47.5 Å². The highest BCUT2D eigenvalue weighted by Crippen LogP contribution is 2.38. The third kappa shape index (κ3) is 3.72. The van der Waals surface area contributed by atoms with Crippen LogP contribution in [0.5, 0.6) is 0 Å². The molecule has 0 spiro atoms. The fourth-order valence-corrected chi connectivity index (χ4v) is 3.84. The van der Waals surface area contributed by atoms with Crippen LogP contribution in [0.1, 0.15) is 24.1 Å². The zero-order chi connectivity index (χ0) is 22.3. The molecular formula is C20H19F2N3O6. The van der Waals surface area contributed by atoms with Crippen molar-refractivity contribution in [2.24, 2.45) is 0 Å². The van der Waals surface area contributed by atoms with Crippen LogP contribution in [0, 0.1) is 11.6 Å². The zero-order valence-corrected chi connectivity index (χ0v) is 16.4. The van der Waals surface area contributed by atoms with Crippen LogP contribution in [0.4, 0.5) is 19.3 Å². The van der Waals surface area contributed by atoms with Crippen molar-refractivity contribution in [3.63, 3.8) is 0 Å². The van der Waals surface area contributed by atoms with Gasteiger partial charge in [0.05, 0.1) is 37.0 Å². The van der Waals surface area contributed by atoms with E-state index in [9.17, 15) is 19.5 Å². The number of amides is 2. The molecule has 1 aromatic carbocycles. The maximum absolute atomic E-state index is 15.0. The molecule has 4 rings (SSSR count). The third-order valence-electron chi connectivity index (χ3n) is 5.30. The van der Waals surface area contributed by atoms with E-state index in [0.717, 1.165) is 23.3 Å². The number of hydrogen-bond donors (Lipinski definition) is 2. The number of benzene rings is 1. The number of fused-ring (bicyclic) bond motifs is 1. The first kappa shape index (κ1) is 20.8. The summed E-state index contributed by atoms with van der Waals surface area (Å²) in [4.78, 5) is 35.9. The normalized spacial score (nSPS) is 20.3. The summed E-state index contributed by atoms with van der Waals surface area (Å²) in [6, 6.07) is 2.01. The van der Waals surface area contributed by atoms with E-state index in [1.807, 2.05) is 0 Å². The van der Waals surface area contributed by atoms with E-state index in [1.165, 1.54) is 17.6 Å². The number of halogens is 2. The van der Waals surface area contributed by atoms with E-state index in [0.29, 0.717) is 5.69 Å². The summed E-state index contributed by atoms with van der Waals surface area (Å²) < 4.78 is 41.3. The van der Waals surface area contributed by atoms with E-state index in [1.54, 1.807) is 0 Å². The van der Waals surface area contributed by atoms with Gasteiger partial charge in [-0.25, -0.2) is 18.4 Å². The second-order valence-corrected chi connectivity index (χ2v) is 7.27. The average molecular weight is 435 g/mol. The highest BCUT2D eigenvalue weighted by molar-refractivity contribution is 5.90. The third-order valence-corrected chi connectivity index (χ3v) is 5.30. The first-order valence-corrected chi connectivity index (χ1v) is 9.51. The van der Waals surface area contributed by atoms with Gasteiger partial charge in [-0.3, -0.25) is 14.3 Å². The minimum atomic E-state index is -0.933. The minimum absolute atomic E-state index is 0.0145. The average Bonchev–Trinajstić information content (AvgIpc) is 3.28. The van der Waals surface area contributed by atoms with Crippen LogP contribution in [-0.2, 0) is 16.1 Å². The number of aliphatic hydroxyl groups excluding tert-OH is 1. The van der Waals surface area contributed by atoms with E-state index >= 15 is 8.78 Å². The van der Waals surface area contributed by atoms with Crippen molar-refractivity contribution in [2.45, 2.75) is 25.5 Å². The van der Waals surface area contributed by atoms with Crippen molar-refractivity contribution in [3.05, 3.63) is 57.9 Å². The Kier molecular flexibility index (Phi) is 5.36. The predicted octanol–water partition coefficient (Wildman–Crippen LogP) is 1.35. The number of carbonyl (C=O) groups is 2. The molecule has 2 aliphatic heterocycles. The monoisotopic (exact) mass is 435 g/mol. The molecule has 1 saturated heterocycles. The topological polar surface area (TPSA) is 114 Å². The summed E-state index contributed by atoms with van der Waals surface area (Å²) in [5.74, 6) is -3.64. The Balaban J connectivity index is 1.63. The lowest BCUT2D eigenvalue weighted by atomic mass is 9.87. The number of hydrogen-bond acceptors (Lipinski definition) is 6. The lowest BCUT2D eigenvalue weighted by Crippen LogP contribution is -2.33. The molecule has 0 bridgehead atoms. The number of nitrogens with zero attached hydrogens (tertiary/aromatic N) is 2. The van der Waals surface area contributed by atoms with Crippen molar-refractivity contribution >= 4 is 23.3 Å². The lowest BCUT2D eigenvalue weighted by molar-refractivity contribution is -0.119. The summed E-state index contributed by atoms with van der Waals surface area (Å²) in [6.45, 7) is 0.967. The van der Waals surface area contributed by atoms with Gasteiger partial charge >= 0.3 is 11.8 Å². The number of aliphatic hydroxyl groups is 1. The standard InChI is InChI=1S/C20H19F2N3O6/c1-10(27)23-6-12-7-25(20(29)31-12)11-4-15(21)18(16(22)5-11)13-2-3-24-17(14(13)8-26)9-30-19(24)28/h2,4-5,9,12,14,26H,3,6-8H2,1H3,(H,23,27)/t12-,14?/m0/s1. The van der Waals surface area contributed by atoms with Gasteiger partial charge in [0.2, 0.25) is 5.91 Å². The van der Waals surface area contributed by atoms with Crippen LogP contribution in [0.15, 0.2) is 33.7 Å². The van der Waals surface area contributed by atoms with E-state index < -0.39 is 42.1 Å². The van der Waals surface area contributed by atoms with Gasteiger partial charge < -0.3 is 19.6 Å². The first-order chi connectivity index (χ1) is 14.8. The lowest BCUT2D eigenvalue weighted by Gasteiger charge is -2.25. The molecule has 2 N–H and O–H groups in total. The number of rotatable bonds is 5. The van der Waals surface area contributed by atoms with Gasteiger partial charge in [0.1, 0.15) is 24.0 Å². The van der Waals surface area contributed by atoms with Crippen LogP contribution in [0.3, 0.4) is 0 Å². The second kappa shape index (κ2) is 7.99. The molecule has 11 heteroatoms. The molecule has 1 unspecified atom stereocenters. The quantitative estimate of drug-likeness (QED) is 0.733. The molecule has 2 aliphatic rings. The molecule has 1 aromatic heterocycles. The van der Waals surface area contributed by atoms with Gasteiger partial charge in [-0.05, 0) is 17.7 Å². The highest BCUT2D eigenvalue weighted by atomic mass is 19.1. The van der Waals surface area contributed by atoms with Gasteiger partial charge in [0.25, 0.3) is 0 Å². The summed E-state index contributed by atoms with van der Waals surface area (Å²) in [5, 5.41) is 12.3. The minimum Gasteiger partial charge on any atom is -0.442 e. The number of carbonyl (C=O) groups excluding carboxylic acids is 2. The van der Waals surface area contributed by atoms with Gasteiger partial charge in [-0.2, -0.15) is 0 Å². The fourth-order valence-electron chi connectivity index (χ4n) is 3.84. The summed E-state index contributed by atoms with van der Waals surface area (Å²) in [6.07, 6.45) is 1.18. The van der Waals surface area contributed by atoms with E-state index in [-0.39, 0.29) is 42.4 Å². The number of ether oxygens (including phenoxy) is 1. The number of oxazole rings is 1. The molecule has 2 aromatic rings. The predicted molar refractivity (Wildman–Crippen MR) is 103 cm³/mol. The van der Waals surface area contributed by atoms with Gasteiger partial charge in [-0.1, -0.05) is 6.08 Å². The fraction of sp³-hybridized carbons (Fsp3) is 0.350. The molecular weight excluding hydrogens is 416 g/mol. The first-order valence-electron chi connectivity index (χ1n) is 9.51. The Morgan fingerprint density at radius 3 is 2.65 bits per heavy atom. The molecule has 1 fully saturated rings. The van der Waals surface area contributed by atoms with Crippen LogP contribution >= 0.6 is 0 Å². The van der Waals surface area contributed by atoms with Crippen LogP contribution in [0.2, 0.25) is 0 Å². The molecule has 0 aliphatic carbocycles. The van der Waals surface area contributed by atoms with Crippen LogP contribution < -0.4 is 16.0 Å². The molecule has 0 saturated carbocycles.